The third-order valence-corrected chi connectivity index (χ3v) is 4.07. The van der Waals surface area contributed by atoms with Crippen molar-refractivity contribution in [1.82, 2.24) is 4.57 Å². The van der Waals surface area contributed by atoms with E-state index in [1.165, 1.54) is 11.1 Å². The van der Waals surface area contributed by atoms with Crippen LogP contribution in [0.3, 0.4) is 0 Å². The van der Waals surface area contributed by atoms with Gasteiger partial charge in [-0.2, -0.15) is 0 Å². The molecule has 1 aromatic carbocycles. The summed E-state index contributed by atoms with van der Waals surface area (Å²) >= 11 is 5.94. The zero-order chi connectivity index (χ0) is 15.0. The quantitative estimate of drug-likeness (QED) is 0.601. The lowest BCUT2D eigenvalue weighted by Crippen LogP contribution is -2.12. The zero-order valence-electron chi connectivity index (χ0n) is 12.6. The van der Waals surface area contributed by atoms with E-state index in [9.17, 15) is 4.79 Å². The molecule has 0 aliphatic heterocycles. The monoisotopic (exact) mass is 289 g/mol. The number of halogens is 1. The van der Waals surface area contributed by atoms with Crippen LogP contribution in [0.4, 0.5) is 0 Å². The van der Waals surface area contributed by atoms with Crippen molar-refractivity contribution < 1.29 is 4.79 Å². The summed E-state index contributed by atoms with van der Waals surface area (Å²) < 4.78 is 2.13. The molecule has 0 bridgehead atoms. The number of Topliss-reactive ketones (excluding diaryl/α,β-unsaturated/α-hetero) is 1. The fourth-order valence-corrected chi connectivity index (χ4v) is 2.69. The highest BCUT2D eigenvalue weighted by atomic mass is 35.5. The Labute approximate surface area is 125 Å². The van der Waals surface area contributed by atoms with E-state index in [4.69, 9.17) is 11.6 Å². The van der Waals surface area contributed by atoms with Crippen molar-refractivity contribution in [1.29, 1.82) is 0 Å². The van der Waals surface area contributed by atoms with Crippen molar-refractivity contribution in [2.24, 2.45) is 0 Å². The first-order valence-electron chi connectivity index (χ1n) is 6.78. The fourth-order valence-electron chi connectivity index (χ4n) is 2.58. The number of aryl methyl sites for hydroxylation is 2. The Bertz CT molecular complexity index is 668. The number of hydrogen-bond donors (Lipinski definition) is 0. The van der Waals surface area contributed by atoms with E-state index in [-0.39, 0.29) is 5.78 Å². The summed E-state index contributed by atoms with van der Waals surface area (Å²) in [5.41, 5.74) is 6.32. The minimum absolute atomic E-state index is 0.0173. The third kappa shape index (κ3) is 2.40. The van der Waals surface area contributed by atoms with Gasteiger partial charge in [0.15, 0.2) is 5.78 Å². The number of carbonyl (C=O) groups excluding carboxylic acids is 1. The summed E-state index contributed by atoms with van der Waals surface area (Å²) in [5, 5.41) is -0.498. The van der Waals surface area contributed by atoms with Crippen LogP contribution < -0.4 is 0 Å². The van der Waals surface area contributed by atoms with Crippen molar-refractivity contribution in [3.8, 4) is 5.69 Å². The Balaban J connectivity index is 2.65. The molecule has 0 saturated carbocycles. The van der Waals surface area contributed by atoms with Crippen molar-refractivity contribution in [3.05, 3.63) is 52.3 Å². The van der Waals surface area contributed by atoms with Gasteiger partial charge < -0.3 is 4.57 Å². The molecule has 0 aliphatic carbocycles. The summed E-state index contributed by atoms with van der Waals surface area (Å²) in [5.74, 6) is -0.0173. The first-order valence-corrected chi connectivity index (χ1v) is 7.22. The first kappa shape index (κ1) is 14.9. The van der Waals surface area contributed by atoms with E-state index >= 15 is 0 Å². The van der Waals surface area contributed by atoms with Gasteiger partial charge in [-0.1, -0.05) is 12.1 Å². The van der Waals surface area contributed by atoms with Gasteiger partial charge in [0.1, 0.15) is 0 Å². The summed E-state index contributed by atoms with van der Waals surface area (Å²) in [7, 11) is 0. The lowest BCUT2D eigenvalue weighted by Gasteiger charge is -2.14. The Morgan fingerprint density at radius 3 is 2.45 bits per heavy atom. The molecule has 0 radical (unpaired) electrons. The lowest BCUT2D eigenvalue weighted by atomic mass is 10.1. The molecule has 2 rings (SSSR count). The second-order valence-electron chi connectivity index (χ2n) is 5.32. The lowest BCUT2D eigenvalue weighted by molar-refractivity contribution is 0.0991. The Hall–Kier alpha value is -1.54. The highest BCUT2D eigenvalue weighted by Crippen LogP contribution is 2.26. The molecule has 0 fully saturated rings. The third-order valence-electron chi connectivity index (χ3n) is 3.87. The molecule has 2 nitrogen and oxygen atoms in total. The zero-order valence-corrected chi connectivity index (χ0v) is 13.4. The molecular weight excluding hydrogens is 270 g/mol. The van der Waals surface area contributed by atoms with E-state index in [1.54, 1.807) is 6.92 Å². The summed E-state index contributed by atoms with van der Waals surface area (Å²) in [6.07, 6.45) is 0. The van der Waals surface area contributed by atoms with Gasteiger partial charge in [-0.3, -0.25) is 4.79 Å². The summed E-state index contributed by atoms with van der Waals surface area (Å²) in [6.45, 7) is 9.91. The van der Waals surface area contributed by atoms with Crippen molar-refractivity contribution in [3.63, 3.8) is 0 Å². The molecule has 0 spiro atoms. The largest absolute Gasteiger partial charge is 0.317 e. The topological polar surface area (TPSA) is 22.0 Å². The normalized spacial score (nSPS) is 12.5. The van der Waals surface area contributed by atoms with Crippen molar-refractivity contribution in [2.75, 3.05) is 0 Å². The predicted octanol–water partition coefficient (Wildman–Crippen LogP) is 4.52. The number of nitrogens with zero attached hydrogens (tertiary/aromatic N) is 1. The van der Waals surface area contributed by atoms with Gasteiger partial charge in [0, 0.05) is 22.6 Å². The van der Waals surface area contributed by atoms with Gasteiger partial charge in [0.2, 0.25) is 0 Å². The van der Waals surface area contributed by atoms with Crippen LogP contribution in [0.1, 0.15) is 39.8 Å². The highest BCUT2D eigenvalue weighted by molar-refractivity contribution is 6.33. The number of rotatable bonds is 3. The van der Waals surface area contributed by atoms with Gasteiger partial charge in [0.05, 0.1) is 5.38 Å². The first-order chi connectivity index (χ1) is 9.34. The number of aromatic nitrogens is 1. The van der Waals surface area contributed by atoms with Gasteiger partial charge in [-0.05, 0) is 57.9 Å². The maximum atomic E-state index is 12.2. The van der Waals surface area contributed by atoms with E-state index in [2.05, 4.69) is 30.5 Å². The number of hydrogen-bond acceptors (Lipinski definition) is 1. The highest BCUT2D eigenvalue weighted by Gasteiger charge is 2.20. The van der Waals surface area contributed by atoms with Gasteiger partial charge >= 0.3 is 0 Å². The van der Waals surface area contributed by atoms with E-state index in [0.717, 1.165) is 17.1 Å². The minimum Gasteiger partial charge on any atom is -0.317 e. The van der Waals surface area contributed by atoms with Crippen LogP contribution in [0, 0.1) is 27.7 Å². The minimum atomic E-state index is -0.498. The molecule has 20 heavy (non-hydrogen) atoms. The van der Waals surface area contributed by atoms with E-state index < -0.39 is 5.38 Å². The molecule has 1 atom stereocenters. The standard InChI is InChI=1S/C17H20ClNO/c1-10-7-6-8-16(12(10)3)19-11(2)9-15(14(19)5)17(20)13(4)18/h6-9,13H,1-5H3. The molecule has 3 heteroatoms. The molecule has 1 heterocycles. The Morgan fingerprint density at radius 1 is 1.20 bits per heavy atom. The molecule has 0 amide bonds. The van der Waals surface area contributed by atoms with Crippen LogP contribution >= 0.6 is 11.6 Å². The number of alkyl halides is 1. The summed E-state index contributed by atoms with van der Waals surface area (Å²) in [6, 6.07) is 8.15. The Kier molecular flexibility index (Phi) is 4.05. The Morgan fingerprint density at radius 2 is 1.85 bits per heavy atom. The average molecular weight is 290 g/mol. The fraction of sp³-hybridized carbons (Fsp3) is 0.353. The van der Waals surface area contributed by atoms with E-state index in [0.29, 0.717) is 5.56 Å². The van der Waals surface area contributed by atoms with Crippen molar-refractivity contribution in [2.45, 2.75) is 40.0 Å². The van der Waals surface area contributed by atoms with Crippen LogP contribution in [0.15, 0.2) is 24.3 Å². The molecule has 1 unspecified atom stereocenters. The number of ketones is 1. The SMILES string of the molecule is Cc1cccc(-n2c(C)cc(C(=O)C(C)Cl)c2C)c1C. The molecular formula is C17H20ClNO. The van der Waals surface area contributed by atoms with Gasteiger partial charge in [-0.15, -0.1) is 11.6 Å². The molecule has 0 N–H and O–H groups in total. The average Bonchev–Trinajstić information content (AvgIpc) is 2.68. The van der Waals surface area contributed by atoms with Gasteiger partial charge in [0.25, 0.3) is 0 Å². The van der Waals surface area contributed by atoms with Crippen LogP contribution in [0.5, 0.6) is 0 Å². The number of benzene rings is 1. The van der Waals surface area contributed by atoms with Crippen LogP contribution in [0.25, 0.3) is 5.69 Å². The van der Waals surface area contributed by atoms with Crippen LogP contribution in [0.2, 0.25) is 0 Å². The smallest absolute Gasteiger partial charge is 0.182 e. The second-order valence-corrected chi connectivity index (χ2v) is 5.97. The van der Waals surface area contributed by atoms with Gasteiger partial charge in [-0.25, -0.2) is 0 Å². The summed E-state index contributed by atoms with van der Waals surface area (Å²) in [4.78, 5) is 12.2. The number of carbonyl (C=O) groups is 1. The van der Waals surface area contributed by atoms with Crippen LogP contribution in [-0.2, 0) is 0 Å². The predicted molar refractivity (Wildman–Crippen MR) is 84.4 cm³/mol. The van der Waals surface area contributed by atoms with Crippen LogP contribution in [-0.4, -0.2) is 15.7 Å². The second kappa shape index (κ2) is 5.45. The molecule has 106 valence electrons. The molecule has 0 aliphatic rings. The maximum Gasteiger partial charge on any atom is 0.182 e. The molecule has 2 aromatic rings. The van der Waals surface area contributed by atoms with Crippen molar-refractivity contribution >= 4 is 17.4 Å². The molecule has 0 saturated heterocycles. The van der Waals surface area contributed by atoms with E-state index in [1.807, 2.05) is 26.0 Å². The molecule has 1 aromatic heterocycles. The maximum absolute atomic E-state index is 12.2.